The fourth-order valence-corrected chi connectivity index (χ4v) is 2.43. The lowest BCUT2D eigenvalue weighted by molar-refractivity contribution is -0.358. The molecule has 0 saturated heterocycles. The standard InChI is InChI=1S/C11H20O4/c1-9(2,3)11(7(12)13,8(14)15)10(4,5)6/h1-6H3,(H,12,13)(H,14,15)/p-2. The first kappa shape index (κ1) is 13.9. The van der Waals surface area contributed by atoms with E-state index in [1.165, 1.54) is 0 Å². The van der Waals surface area contributed by atoms with E-state index in [0.717, 1.165) is 0 Å². The Morgan fingerprint density at radius 3 is 0.933 bits per heavy atom. The third kappa shape index (κ3) is 1.85. The number of hydrogen-bond acceptors (Lipinski definition) is 4. The molecule has 0 aliphatic heterocycles. The molecular weight excluding hydrogens is 196 g/mol. The van der Waals surface area contributed by atoms with Crippen LogP contribution in [0.15, 0.2) is 0 Å². The van der Waals surface area contributed by atoms with Gasteiger partial charge in [0.15, 0.2) is 0 Å². The van der Waals surface area contributed by atoms with Crippen LogP contribution in [-0.2, 0) is 9.59 Å². The van der Waals surface area contributed by atoms with Crippen LogP contribution >= 0.6 is 0 Å². The third-order valence-electron chi connectivity index (χ3n) is 2.86. The van der Waals surface area contributed by atoms with Crippen molar-refractivity contribution in [3.05, 3.63) is 0 Å². The van der Waals surface area contributed by atoms with E-state index in [0.29, 0.717) is 0 Å². The fourth-order valence-electron chi connectivity index (χ4n) is 2.43. The molecule has 0 heterocycles. The number of carboxylic acid groups (broad SMARTS) is 2. The topological polar surface area (TPSA) is 80.3 Å². The Morgan fingerprint density at radius 1 is 0.733 bits per heavy atom. The highest BCUT2D eigenvalue weighted by Gasteiger charge is 2.53. The van der Waals surface area contributed by atoms with E-state index in [1.54, 1.807) is 41.5 Å². The number of aliphatic carboxylic acids is 2. The van der Waals surface area contributed by atoms with Crippen LogP contribution in [0.25, 0.3) is 0 Å². The average Bonchev–Trinajstić information content (AvgIpc) is 1.75. The number of carboxylic acids is 2. The Morgan fingerprint density at radius 2 is 0.933 bits per heavy atom. The first-order chi connectivity index (χ1) is 6.39. The predicted molar refractivity (Wildman–Crippen MR) is 51.4 cm³/mol. The summed E-state index contributed by atoms with van der Waals surface area (Å²) in [6.07, 6.45) is 0. The van der Waals surface area contributed by atoms with Crippen LogP contribution in [0.2, 0.25) is 0 Å². The molecule has 0 atom stereocenters. The van der Waals surface area contributed by atoms with E-state index in [1.807, 2.05) is 0 Å². The minimum atomic E-state index is -2.01. The second kappa shape index (κ2) is 3.51. The molecule has 4 nitrogen and oxygen atoms in total. The number of hydrogen-bond donors (Lipinski definition) is 0. The zero-order valence-corrected chi connectivity index (χ0v) is 10.1. The molecule has 0 aliphatic rings. The fraction of sp³-hybridized carbons (Fsp3) is 0.818. The van der Waals surface area contributed by atoms with Crippen LogP contribution in [0, 0.1) is 16.2 Å². The van der Waals surface area contributed by atoms with Crippen LogP contribution < -0.4 is 10.2 Å². The number of carbonyl (C=O) groups is 2. The Kier molecular flexibility index (Phi) is 3.26. The molecule has 0 aromatic heterocycles. The van der Waals surface area contributed by atoms with E-state index in [2.05, 4.69) is 0 Å². The van der Waals surface area contributed by atoms with Gasteiger partial charge in [0, 0.05) is 0 Å². The van der Waals surface area contributed by atoms with Crippen molar-refractivity contribution in [1.82, 2.24) is 0 Å². The highest BCUT2D eigenvalue weighted by Crippen LogP contribution is 2.50. The van der Waals surface area contributed by atoms with Crippen LogP contribution in [0.4, 0.5) is 0 Å². The summed E-state index contributed by atoms with van der Waals surface area (Å²) < 4.78 is 0. The summed E-state index contributed by atoms with van der Waals surface area (Å²) in [5.74, 6) is -3.19. The van der Waals surface area contributed by atoms with Crippen molar-refractivity contribution in [3.8, 4) is 0 Å². The van der Waals surface area contributed by atoms with Gasteiger partial charge in [-0.25, -0.2) is 0 Å². The molecule has 88 valence electrons. The summed E-state index contributed by atoms with van der Waals surface area (Å²) in [6, 6.07) is 0. The van der Waals surface area contributed by atoms with E-state index in [4.69, 9.17) is 0 Å². The van der Waals surface area contributed by atoms with Crippen LogP contribution in [0.1, 0.15) is 41.5 Å². The molecule has 0 amide bonds. The Hall–Kier alpha value is -1.06. The summed E-state index contributed by atoms with van der Waals surface area (Å²) in [4.78, 5) is 22.4. The van der Waals surface area contributed by atoms with Gasteiger partial charge in [-0.05, 0) is 10.8 Å². The second-order valence-electron chi connectivity index (χ2n) is 5.82. The summed E-state index contributed by atoms with van der Waals surface area (Å²) >= 11 is 0. The van der Waals surface area contributed by atoms with Crippen molar-refractivity contribution in [1.29, 1.82) is 0 Å². The molecule has 0 radical (unpaired) electrons. The third-order valence-corrected chi connectivity index (χ3v) is 2.86. The van der Waals surface area contributed by atoms with E-state index >= 15 is 0 Å². The largest absolute Gasteiger partial charge is 0.549 e. The SMILES string of the molecule is CC(C)(C)C(C(=O)[O-])(C(=O)[O-])C(C)(C)C. The molecule has 0 fully saturated rings. The van der Waals surface area contributed by atoms with E-state index in [9.17, 15) is 19.8 Å². The lowest BCUT2D eigenvalue weighted by Gasteiger charge is -2.54. The number of carbonyl (C=O) groups excluding carboxylic acids is 2. The van der Waals surface area contributed by atoms with Crippen LogP contribution in [0.3, 0.4) is 0 Å². The quantitative estimate of drug-likeness (QED) is 0.584. The van der Waals surface area contributed by atoms with Gasteiger partial charge in [-0.3, -0.25) is 0 Å². The smallest absolute Gasteiger partial charge is 0.0590 e. The average molecular weight is 214 g/mol. The monoisotopic (exact) mass is 214 g/mol. The minimum Gasteiger partial charge on any atom is -0.549 e. The zero-order valence-electron chi connectivity index (χ0n) is 10.1. The van der Waals surface area contributed by atoms with Crippen LogP contribution in [0.5, 0.6) is 0 Å². The molecule has 15 heavy (non-hydrogen) atoms. The molecule has 0 aromatic carbocycles. The van der Waals surface area contributed by atoms with Gasteiger partial charge >= 0.3 is 0 Å². The normalized spacial score (nSPS) is 13.7. The van der Waals surface area contributed by atoms with Gasteiger partial charge < -0.3 is 19.8 Å². The van der Waals surface area contributed by atoms with Crippen molar-refractivity contribution in [2.75, 3.05) is 0 Å². The molecule has 4 heteroatoms. The van der Waals surface area contributed by atoms with Gasteiger partial charge in [0.05, 0.1) is 17.4 Å². The number of rotatable bonds is 2. The molecule has 0 unspecified atom stereocenters. The van der Waals surface area contributed by atoms with Crippen molar-refractivity contribution < 1.29 is 19.8 Å². The van der Waals surface area contributed by atoms with Gasteiger partial charge in [0.2, 0.25) is 0 Å². The maximum atomic E-state index is 11.2. The van der Waals surface area contributed by atoms with Gasteiger partial charge in [0.1, 0.15) is 0 Å². The Balaban J connectivity index is 5.97. The van der Waals surface area contributed by atoms with Crippen LogP contribution in [-0.4, -0.2) is 11.9 Å². The molecule has 0 bridgehead atoms. The maximum absolute atomic E-state index is 11.2. The van der Waals surface area contributed by atoms with E-state index in [-0.39, 0.29) is 0 Å². The van der Waals surface area contributed by atoms with Gasteiger partial charge in [-0.15, -0.1) is 0 Å². The van der Waals surface area contributed by atoms with Gasteiger partial charge in [-0.1, -0.05) is 41.5 Å². The summed E-state index contributed by atoms with van der Waals surface area (Å²) in [5.41, 5.74) is -3.98. The molecule has 0 rings (SSSR count). The molecule has 0 aromatic rings. The van der Waals surface area contributed by atoms with Crippen molar-refractivity contribution in [3.63, 3.8) is 0 Å². The summed E-state index contributed by atoms with van der Waals surface area (Å²) in [7, 11) is 0. The molecule has 0 spiro atoms. The Bertz CT molecular complexity index is 248. The van der Waals surface area contributed by atoms with Crippen molar-refractivity contribution in [2.45, 2.75) is 41.5 Å². The Labute approximate surface area is 90.3 Å². The predicted octanol–water partition coefficient (Wildman–Crippen LogP) is -0.435. The highest BCUT2D eigenvalue weighted by atomic mass is 16.4. The maximum Gasteiger partial charge on any atom is 0.0590 e. The first-order valence-electron chi connectivity index (χ1n) is 4.82. The molecular formula is C11H18O4-2. The lowest BCUT2D eigenvalue weighted by Crippen LogP contribution is -2.66. The second-order valence-corrected chi connectivity index (χ2v) is 5.82. The first-order valence-corrected chi connectivity index (χ1v) is 4.82. The highest BCUT2D eigenvalue weighted by molar-refractivity contribution is 5.98. The van der Waals surface area contributed by atoms with E-state index < -0.39 is 28.2 Å². The molecule has 0 aliphatic carbocycles. The van der Waals surface area contributed by atoms with Gasteiger partial charge in [-0.2, -0.15) is 0 Å². The molecule has 0 saturated carbocycles. The molecule has 0 N–H and O–H groups in total. The summed E-state index contributed by atoms with van der Waals surface area (Å²) in [5, 5.41) is 22.4. The minimum absolute atomic E-state index is 0.983. The summed E-state index contributed by atoms with van der Waals surface area (Å²) in [6.45, 7) is 9.36. The zero-order chi connectivity index (χ0) is 12.7. The lowest BCUT2D eigenvalue weighted by atomic mass is 9.54. The van der Waals surface area contributed by atoms with Gasteiger partial charge in [0.25, 0.3) is 0 Å². The van der Waals surface area contributed by atoms with Crippen molar-refractivity contribution in [2.24, 2.45) is 16.2 Å². The van der Waals surface area contributed by atoms with Crippen molar-refractivity contribution >= 4 is 11.9 Å².